The molecule has 0 radical (unpaired) electrons. The van der Waals surface area contributed by atoms with Gasteiger partial charge < -0.3 is 10.3 Å². The van der Waals surface area contributed by atoms with E-state index in [0.29, 0.717) is 6.54 Å². The number of hydrogen-bond acceptors (Lipinski definition) is 5. The molecule has 0 saturated heterocycles. The molecule has 5 rings (SSSR count). The van der Waals surface area contributed by atoms with Crippen LogP contribution >= 0.6 is 0 Å². The molecular weight excluding hydrogens is 428 g/mol. The van der Waals surface area contributed by atoms with Gasteiger partial charge in [0.15, 0.2) is 0 Å². The monoisotopic (exact) mass is 452 g/mol. The second-order valence-electron chi connectivity index (χ2n) is 8.07. The molecule has 8 heteroatoms. The van der Waals surface area contributed by atoms with Crippen molar-refractivity contribution in [3.8, 4) is 16.9 Å². The second-order valence-corrected chi connectivity index (χ2v) is 8.07. The van der Waals surface area contributed by atoms with Crippen LogP contribution in [-0.2, 0) is 13.0 Å². The number of rotatable bonds is 9. The highest BCUT2D eigenvalue weighted by Gasteiger charge is 2.14. The molecule has 2 heterocycles. The van der Waals surface area contributed by atoms with E-state index < -0.39 is 4.92 Å². The summed E-state index contributed by atoms with van der Waals surface area (Å²) in [6.45, 7) is 1.46. The van der Waals surface area contributed by atoms with E-state index >= 15 is 0 Å². The standard InChI is InChI=1S/C26H24N6O2/c33-32(34)22-14-12-19(13-15-22)26-20(18-31(30-26)21-7-2-1-3-8-21)17-27-16-6-11-25-28-23-9-4-5-10-24(23)29-25/h1-5,7-10,12-15,18,27H,6,11,16-17H2,(H,28,29). The third kappa shape index (κ3) is 4.72. The van der Waals surface area contributed by atoms with Gasteiger partial charge in [-0.25, -0.2) is 9.67 Å². The molecular formula is C26H24N6O2. The van der Waals surface area contributed by atoms with E-state index in [2.05, 4.69) is 15.3 Å². The third-order valence-corrected chi connectivity index (χ3v) is 5.68. The fraction of sp³-hybridized carbons (Fsp3) is 0.154. The smallest absolute Gasteiger partial charge is 0.269 e. The number of aromatic amines is 1. The first kappa shape index (κ1) is 21.5. The Kier molecular flexibility index (Phi) is 6.13. The first-order valence-corrected chi connectivity index (χ1v) is 11.2. The highest BCUT2D eigenvalue weighted by atomic mass is 16.6. The van der Waals surface area contributed by atoms with Gasteiger partial charge in [0.05, 0.1) is 27.3 Å². The summed E-state index contributed by atoms with van der Waals surface area (Å²) in [5.41, 5.74) is 5.76. The average molecular weight is 453 g/mol. The third-order valence-electron chi connectivity index (χ3n) is 5.68. The number of nitrogens with zero attached hydrogens (tertiary/aromatic N) is 4. The average Bonchev–Trinajstić information content (AvgIpc) is 3.48. The fourth-order valence-electron chi connectivity index (χ4n) is 3.96. The first-order valence-electron chi connectivity index (χ1n) is 11.2. The summed E-state index contributed by atoms with van der Waals surface area (Å²) < 4.78 is 1.85. The van der Waals surface area contributed by atoms with Gasteiger partial charge in [0.1, 0.15) is 5.82 Å². The number of para-hydroxylation sites is 3. The Bertz CT molecular complexity index is 1370. The van der Waals surface area contributed by atoms with Gasteiger partial charge in [-0.3, -0.25) is 10.1 Å². The van der Waals surface area contributed by atoms with Crippen molar-refractivity contribution in [2.75, 3.05) is 6.54 Å². The molecule has 3 aromatic carbocycles. The number of aryl methyl sites for hydroxylation is 1. The number of nitro benzene ring substituents is 1. The number of hydrogen-bond donors (Lipinski definition) is 2. The summed E-state index contributed by atoms with van der Waals surface area (Å²) in [5.74, 6) is 0.992. The van der Waals surface area contributed by atoms with Crippen LogP contribution in [0.5, 0.6) is 0 Å². The van der Waals surface area contributed by atoms with Crippen molar-refractivity contribution in [3.63, 3.8) is 0 Å². The Labute approximate surface area is 196 Å². The van der Waals surface area contributed by atoms with Crippen LogP contribution in [0.15, 0.2) is 85.1 Å². The van der Waals surface area contributed by atoms with E-state index in [9.17, 15) is 10.1 Å². The number of fused-ring (bicyclic) bond motifs is 1. The Morgan fingerprint density at radius 3 is 2.50 bits per heavy atom. The highest BCUT2D eigenvalue weighted by Crippen LogP contribution is 2.26. The topological polar surface area (TPSA) is 102 Å². The number of nitrogens with one attached hydrogen (secondary N) is 2. The largest absolute Gasteiger partial charge is 0.342 e. The number of aromatic nitrogens is 4. The normalized spacial score (nSPS) is 11.2. The second kappa shape index (κ2) is 9.68. The molecule has 8 nitrogen and oxygen atoms in total. The molecule has 0 spiro atoms. The SMILES string of the molecule is O=[N+]([O-])c1ccc(-c2nn(-c3ccccc3)cc2CNCCCc2nc3ccccc3[nH]2)cc1. The zero-order valence-corrected chi connectivity index (χ0v) is 18.5. The zero-order chi connectivity index (χ0) is 23.3. The molecule has 0 fully saturated rings. The van der Waals surface area contributed by atoms with Gasteiger partial charge in [-0.1, -0.05) is 30.3 Å². The maximum Gasteiger partial charge on any atom is 0.269 e. The lowest BCUT2D eigenvalue weighted by Gasteiger charge is -2.05. The minimum absolute atomic E-state index is 0.0662. The van der Waals surface area contributed by atoms with E-state index in [0.717, 1.165) is 58.8 Å². The number of nitro groups is 1. The van der Waals surface area contributed by atoms with Crippen molar-refractivity contribution >= 4 is 16.7 Å². The molecule has 0 unspecified atom stereocenters. The van der Waals surface area contributed by atoms with E-state index in [1.54, 1.807) is 12.1 Å². The number of H-pyrrole nitrogens is 1. The van der Waals surface area contributed by atoms with Gasteiger partial charge in [0, 0.05) is 42.4 Å². The maximum absolute atomic E-state index is 11.0. The zero-order valence-electron chi connectivity index (χ0n) is 18.5. The lowest BCUT2D eigenvalue weighted by Crippen LogP contribution is -2.15. The first-order chi connectivity index (χ1) is 16.7. The number of non-ortho nitro benzene ring substituents is 1. The molecule has 0 aliphatic rings. The minimum atomic E-state index is -0.392. The molecule has 34 heavy (non-hydrogen) atoms. The summed E-state index contributed by atoms with van der Waals surface area (Å²) in [4.78, 5) is 18.6. The quantitative estimate of drug-likeness (QED) is 0.185. The van der Waals surface area contributed by atoms with E-state index in [-0.39, 0.29) is 5.69 Å². The van der Waals surface area contributed by atoms with Crippen molar-refractivity contribution in [2.24, 2.45) is 0 Å². The predicted octanol–water partition coefficient (Wildman–Crippen LogP) is 5.05. The van der Waals surface area contributed by atoms with Gasteiger partial charge in [-0.2, -0.15) is 5.10 Å². The van der Waals surface area contributed by atoms with Crippen LogP contribution in [0, 0.1) is 10.1 Å². The van der Waals surface area contributed by atoms with Gasteiger partial charge in [-0.15, -0.1) is 0 Å². The molecule has 0 atom stereocenters. The minimum Gasteiger partial charge on any atom is -0.342 e. The van der Waals surface area contributed by atoms with Gasteiger partial charge in [0.25, 0.3) is 5.69 Å². The van der Waals surface area contributed by atoms with Crippen LogP contribution in [0.1, 0.15) is 17.8 Å². The molecule has 2 N–H and O–H groups in total. The van der Waals surface area contributed by atoms with Crippen LogP contribution in [0.2, 0.25) is 0 Å². The summed E-state index contributed by atoms with van der Waals surface area (Å²) >= 11 is 0. The molecule has 0 amide bonds. The lowest BCUT2D eigenvalue weighted by atomic mass is 10.1. The van der Waals surface area contributed by atoms with Gasteiger partial charge in [0.2, 0.25) is 0 Å². The lowest BCUT2D eigenvalue weighted by molar-refractivity contribution is -0.384. The van der Waals surface area contributed by atoms with Crippen molar-refractivity contribution in [3.05, 3.63) is 107 Å². The van der Waals surface area contributed by atoms with Crippen LogP contribution < -0.4 is 5.32 Å². The van der Waals surface area contributed by atoms with Crippen molar-refractivity contribution < 1.29 is 4.92 Å². The Morgan fingerprint density at radius 1 is 0.971 bits per heavy atom. The van der Waals surface area contributed by atoms with Crippen LogP contribution in [0.3, 0.4) is 0 Å². The van der Waals surface area contributed by atoms with Gasteiger partial charge in [-0.05, 0) is 49.4 Å². The molecule has 5 aromatic rings. The van der Waals surface area contributed by atoms with E-state index in [1.807, 2.05) is 65.5 Å². The molecule has 0 saturated carbocycles. The van der Waals surface area contributed by atoms with E-state index in [1.165, 1.54) is 12.1 Å². The highest BCUT2D eigenvalue weighted by molar-refractivity contribution is 5.74. The molecule has 0 aliphatic heterocycles. The predicted molar refractivity (Wildman–Crippen MR) is 132 cm³/mol. The Morgan fingerprint density at radius 2 is 1.74 bits per heavy atom. The fourth-order valence-corrected chi connectivity index (χ4v) is 3.96. The number of benzene rings is 3. The van der Waals surface area contributed by atoms with Crippen molar-refractivity contribution in [2.45, 2.75) is 19.4 Å². The van der Waals surface area contributed by atoms with Crippen LogP contribution in [-0.4, -0.2) is 31.2 Å². The summed E-state index contributed by atoms with van der Waals surface area (Å²) in [6, 6.07) is 24.5. The molecule has 170 valence electrons. The molecule has 0 aliphatic carbocycles. The molecule has 0 bridgehead atoms. The summed E-state index contributed by atoms with van der Waals surface area (Å²) in [7, 11) is 0. The Hall–Kier alpha value is -4.30. The van der Waals surface area contributed by atoms with E-state index in [4.69, 9.17) is 5.10 Å². The van der Waals surface area contributed by atoms with Crippen molar-refractivity contribution in [1.29, 1.82) is 0 Å². The van der Waals surface area contributed by atoms with Gasteiger partial charge >= 0.3 is 0 Å². The van der Waals surface area contributed by atoms with Crippen LogP contribution in [0.4, 0.5) is 5.69 Å². The summed E-state index contributed by atoms with van der Waals surface area (Å²) in [5, 5.41) is 19.3. The van der Waals surface area contributed by atoms with Crippen LogP contribution in [0.25, 0.3) is 28.0 Å². The van der Waals surface area contributed by atoms with Crippen molar-refractivity contribution in [1.82, 2.24) is 25.1 Å². The Balaban J connectivity index is 1.28. The number of imidazole rings is 1. The maximum atomic E-state index is 11.0. The molecule has 2 aromatic heterocycles. The summed E-state index contributed by atoms with van der Waals surface area (Å²) in [6.07, 6.45) is 3.82.